The predicted octanol–water partition coefficient (Wildman–Crippen LogP) is 3.46. The van der Waals surface area contributed by atoms with Gasteiger partial charge in [-0.1, -0.05) is 20.8 Å². The third-order valence-corrected chi connectivity index (χ3v) is 2.72. The molecule has 0 amide bonds. The Hall–Kier alpha value is -0.640. The Bertz CT molecular complexity index is 374. The Kier molecular flexibility index (Phi) is 3.38. The molecule has 0 saturated heterocycles. The first-order valence-electron chi connectivity index (χ1n) is 5.03. The second-order valence-corrected chi connectivity index (χ2v) is 5.81. The molecule has 1 rings (SSSR count). The van der Waals surface area contributed by atoms with E-state index in [2.05, 4.69) is 21.0 Å². The van der Waals surface area contributed by atoms with E-state index < -0.39 is 0 Å². The number of hydrogen-bond acceptors (Lipinski definition) is 2. The molecule has 0 radical (unpaired) electrons. The van der Waals surface area contributed by atoms with Crippen molar-refractivity contribution in [1.29, 1.82) is 0 Å². The summed E-state index contributed by atoms with van der Waals surface area (Å²) in [6, 6.07) is 0.192. The molecule has 1 aromatic heterocycles. The minimum Gasteiger partial charge on any atom is -0.292 e. The molecule has 0 aromatic carbocycles. The van der Waals surface area contributed by atoms with E-state index in [1.807, 2.05) is 34.6 Å². The summed E-state index contributed by atoms with van der Waals surface area (Å²) in [6.45, 7) is 9.77. The Morgan fingerprint density at radius 1 is 1.47 bits per heavy atom. The average Bonchev–Trinajstić information content (AvgIpc) is 2.44. The van der Waals surface area contributed by atoms with Crippen LogP contribution in [0.2, 0.25) is 0 Å². The summed E-state index contributed by atoms with van der Waals surface area (Å²) in [4.78, 5) is 12.2. The summed E-state index contributed by atoms with van der Waals surface area (Å²) < 4.78 is 2.54. The van der Waals surface area contributed by atoms with Gasteiger partial charge in [0, 0.05) is 11.5 Å². The standard InChI is InChI=1S/C11H17BrN2O/c1-7(2)14-9(8(12)6-13-14)10(15)11(3,4)5/h6-7H,1-5H3. The lowest BCUT2D eigenvalue weighted by atomic mass is 9.89. The zero-order valence-electron chi connectivity index (χ0n) is 9.84. The summed E-state index contributed by atoms with van der Waals surface area (Å²) in [7, 11) is 0. The molecule has 84 valence electrons. The van der Waals surface area contributed by atoms with Gasteiger partial charge in [0.15, 0.2) is 5.78 Å². The maximum absolute atomic E-state index is 12.2. The van der Waals surface area contributed by atoms with E-state index >= 15 is 0 Å². The van der Waals surface area contributed by atoms with E-state index in [1.54, 1.807) is 10.9 Å². The average molecular weight is 273 g/mol. The van der Waals surface area contributed by atoms with E-state index in [1.165, 1.54) is 0 Å². The Morgan fingerprint density at radius 2 is 2.00 bits per heavy atom. The van der Waals surface area contributed by atoms with Crippen LogP contribution in [0, 0.1) is 5.41 Å². The van der Waals surface area contributed by atoms with Crippen molar-refractivity contribution in [3.8, 4) is 0 Å². The molecule has 0 spiro atoms. The molecule has 15 heavy (non-hydrogen) atoms. The smallest absolute Gasteiger partial charge is 0.187 e. The van der Waals surface area contributed by atoms with Crippen molar-refractivity contribution >= 4 is 21.7 Å². The minimum atomic E-state index is -0.380. The lowest BCUT2D eigenvalue weighted by Crippen LogP contribution is -2.24. The largest absolute Gasteiger partial charge is 0.292 e. The molecule has 0 bridgehead atoms. The molecule has 0 aliphatic heterocycles. The first kappa shape index (κ1) is 12.4. The van der Waals surface area contributed by atoms with E-state index in [0.29, 0.717) is 5.69 Å². The second-order valence-electron chi connectivity index (χ2n) is 4.96. The van der Waals surface area contributed by atoms with Crippen LogP contribution < -0.4 is 0 Å². The van der Waals surface area contributed by atoms with Gasteiger partial charge in [-0.15, -0.1) is 0 Å². The molecule has 4 heteroatoms. The normalized spacial score (nSPS) is 12.2. The van der Waals surface area contributed by atoms with Crippen LogP contribution in [0.4, 0.5) is 0 Å². The topological polar surface area (TPSA) is 34.9 Å². The fraction of sp³-hybridized carbons (Fsp3) is 0.636. The lowest BCUT2D eigenvalue weighted by molar-refractivity contribution is 0.0843. The quantitative estimate of drug-likeness (QED) is 0.773. The summed E-state index contributed by atoms with van der Waals surface area (Å²) in [5.74, 6) is 0.112. The maximum Gasteiger partial charge on any atom is 0.187 e. The predicted molar refractivity (Wildman–Crippen MR) is 64.1 cm³/mol. The number of Topliss-reactive ketones (excluding diaryl/α,β-unsaturated/α-hetero) is 1. The van der Waals surface area contributed by atoms with Gasteiger partial charge in [0.05, 0.1) is 10.7 Å². The minimum absolute atomic E-state index is 0.112. The third-order valence-electron chi connectivity index (χ3n) is 2.14. The number of hydrogen-bond donors (Lipinski definition) is 0. The van der Waals surface area contributed by atoms with E-state index in [4.69, 9.17) is 0 Å². The number of nitrogens with zero attached hydrogens (tertiary/aromatic N) is 2. The van der Waals surface area contributed by atoms with Gasteiger partial charge in [-0.2, -0.15) is 5.10 Å². The van der Waals surface area contributed by atoms with Gasteiger partial charge in [-0.3, -0.25) is 9.48 Å². The first-order valence-corrected chi connectivity index (χ1v) is 5.82. The monoisotopic (exact) mass is 272 g/mol. The van der Waals surface area contributed by atoms with Crippen molar-refractivity contribution in [2.24, 2.45) is 5.41 Å². The summed E-state index contributed by atoms with van der Waals surface area (Å²) in [5.41, 5.74) is 0.285. The summed E-state index contributed by atoms with van der Waals surface area (Å²) in [6.07, 6.45) is 1.68. The van der Waals surface area contributed by atoms with Crippen LogP contribution in [0.3, 0.4) is 0 Å². The van der Waals surface area contributed by atoms with Crippen molar-refractivity contribution in [1.82, 2.24) is 9.78 Å². The number of carbonyl (C=O) groups excluding carboxylic acids is 1. The van der Waals surface area contributed by atoms with Crippen LogP contribution in [0.25, 0.3) is 0 Å². The lowest BCUT2D eigenvalue weighted by Gasteiger charge is -2.19. The fourth-order valence-corrected chi connectivity index (χ4v) is 1.75. The Labute approximate surface area is 99.0 Å². The molecule has 0 saturated carbocycles. The number of carbonyl (C=O) groups is 1. The van der Waals surface area contributed by atoms with E-state index in [0.717, 1.165) is 4.47 Å². The maximum atomic E-state index is 12.2. The van der Waals surface area contributed by atoms with Crippen LogP contribution in [0.5, 0.6) is 0 Å². The highest BCUT2D eigenvalue weighted by Gasteiger charge is 2.28. The van der Waals surface area contributed by atoms with Gasteiger partial charge in [0.1, 0.15) is 5.69 Å². The van der Waals surface area contributed by atoms with Gasteiger partial charge >= 0.3 is 0 Å². The molecule has 0 unspecified atom stereocenters. The molecular weight excluding hydrogens is 256 g/mol. The molecule has 3 nitrogen and oxygen atoms in total. The van der Waals surface area contributed by atoms with Gasteiger partial charge in [-0.25, -0.2) is 0 Å². The van der Waals surface area contributed by atoms with Crippen LogP contribution in [0.1, 0.15) is 51.1 Å². The van der Waals surface area contributed by atoms with E-state index in [9.17, 15) is 4.79 Å². The highest BCUT2D eigenvalue weighted by Crippen LogP contribution is 2.27. The van der Waals surface area contributed by atoms with Crippen molar-refractivity contribution in [3.63, 3.8) is 0 Å². The van der Waals surface area contributed by atoms with Crippen molar-refractivity contribution < 1.29 is 4.79 Å². The first-order chi connectivity index (χ1) is 6.75. The molecule has 1 heterocycles. The molecule has 0 aliphatic rings. The summed E-state index contributed by atoms with van der Waals surface area (Å²) >= 11 is 3.37. The van der Waals surface area contributed by atoms with Gasteiger partial charge in [-0.05, 0) is 29.8 Å². The van der Waals surface area contributed by atoms with Crippen molar-refractivity contribution in [2.75, 3.05) is 0 Å². The Morgan fingerprint density at radius 3 is 2.40 bits per heavy atom. The molecule has 0 aliphatic carbocycles. The number of halogens is 1. The zero-order valence-corrected chi connectivity index (χ0v) is 11.4. The van der Waals surface area contributed by atoms with Crippen LogP contribution in [-0.4, -0.2) is 15.6 Å². The third kappa shape index (κ3) is 2.48. The highest BCUT2D eigenvalue weighted by molar-refractivity contribution is 9.10. The SMILES string of the molecule is CC(C)n1ncc(Br)c1C(=O)C(C)(C)C. The summed E-state index contributed by atoms with van der Waals surface area (Å²) in [5, 5.41) is 4.20. The van der Waals surface area contributed by atoms with Gasteiger partial charge in [0.2, 0.25) is 0 Å². The molecule has 0 atom stereocenters. The van der Waals surface area contributed by atoms with Crippen molar-refractivity contribution in [3.05, 3.63) is 16.4 Å². The zero-order chi connectivity index (χ0) is 11.8. The Balaban J connectivity index is 3.24. The van der Waals surface area contributed by atoms with Crippen LogP contribution in [0.15, 0.2) is 10.7 Å². The van der Waals surface area contributed by atoms with Crippen LogP contribution in [-0.2, 0) is 0 Å². The highest BCUT2D eigenvalue weighted by atomic mass is 79.9. The molecular formula is C11H17BrN2O. The molecule has 0 fully saturated rings. The fourth-order valence-electron chi connectivity index (χ4n) is 1.30. The molecule has 1 aromatic rings. The van der Waals surface area contributed by atoms with Crippen molar-refractivity contribution in [2.45, 2.75) is 40.7 Å². The molecule has 0 N–H and O–H groups in total. The number of aromatic nitrogens is 2. The number of ketones is 1. The van der Waals surface area contributed by atoms with Gasteiger partial charge < -0.3 is 0 Å². The van der Waals surface area contributed by atoms with Crippen LogP contribution >= 0.6 is 15.9 Å². The number of rotatable bonds is 2. The van der Waals surface area contributed by atoms with E-state index in [-0.39, 0.29) is 17.2 Å². The van der Waals surface area contributed by atoms with Gasteiger partial charge in [0.25, 0.3) is 0 Å². The second kappa shape index (κ2) is 4.08.